The summed E-state index contributed by atoms with van der Waals surface area (Å²) in [5.74, 6) is 0.270. The Morgan fingerprint density at radius 2 is 1.78 bits per heavy atom. The van der Waals surface area contributed by atoms with Crippen LogP contribution in [0.4, 0.5) is 27.5 Å². The first-order valence-electron chi connectivity index (χ1n) is 9.77. The maximum Gasteiger partial charge on any atom is 0.229 e. The highest BCUT2D eigenvalue weighted by atomic mass is 19.1. The van der Waals surface area contributed by atoms with Crippen LogP contribution >= 0.6 is 0 Å². The van der Waals surface area contributed by atoms with Gasteiger partial charge in [-0.05, 0) is 37.1 Å². The molecule has 2 N–H and O–H groups in total. The minimum atomic E-state index is -0.409. The number of nitrogens with zero attached hydrogens (tertiary/aromatic N) is 3. The molecule has 2 aliphatic rings. The van der Waals surface area contributed by atoms with Gasteiger partial charge in [0.05, 0.1) is 19.4 Å². The van der Waals surface area contributed by atoms with Crippen LogP contribution in [0.1, 0.15) is 32.1 Å². The van der Waals surface area contributed by atoms with Crippen molar-refractivity contribution in [2.75, 3.05) is 41.8 Å². The van der Waals surface area contributed by atoms with Gasteiger partial charge in [-0.25, -0.2) is 9.37 Å². The lowest BCUT2D eigenvalue weighted by Gasteiger charge is -2.28. The number of hydrogen-bond acceptors (Lipinski definition) is 6. The van der Waals surface area contributed by atoms with E-state index in [1.54, 1.807) is 0 Å². The minimum Gasteiger partial charge on any atom is -0.378 e. The third kappa shape index (κ3) is 4.66. The maximum absolute atomic E-state index is 14.1. The predicted octanol–water partition coefficient (Wildman–Crippen LogP) is 3.94. The van der Waals surface area contributed by atoms with E-state index in [9.17, 15) is 4.39 Å². The molecule has 1 saturated carbocycles. The monoisotopic (exact) mass is 371 g/mol. The summed E-state index contributed by atoms with van der Waals surface area (Å²) < 4.78 is 19.5. The molecule has 0 amide bonds. The van der Waals surface area contributed by atoms with Crippen molar-refractivity contribution in [3.63, 3.8) is 0 Å². The zero-order chi connectivity index (χ0) is 18.5. The van der Waals surface area contributed by atoms with Crippen LogP contribution in [0.5, 0.6) is 0 Å². The van der Waals surface area contributed by atoms with E-state index >= 15 is 0 Å². The lowest BCUT2D eigenvalue weighted by Crippen LogP contribution is -2.36. The highest BCUT2D eigenvalue weighted by Gasteiger charge is 2.16. The smallest absolute Gasteiger partial charge is 0.229 e. The van der Waals surface area contributed by atoms with Crippen molar-refractivity contribution in [1.29, 1.82) is 0 Å². The van der Waals surface area contributed by atoms with Crippen LogP contribution in [0, 0.1) is 5.82 Å². The van der Waals surface area contributed by atoms with Crippen molar-refractivity contribution in [1.82, 2.24) is 9.97 Å². The Kier molecular flexibility index (Phi) is 5.67. The first-order chi connectivity index (χ1) is 13.3. The van der Waals surface area contributed by atoms with E-state index < -0.39 is 5.82 Å². The average Bonchev–Trinajstić information content (AvgIpc) is 2.72. The number of nitrogens with one attached hydrogen (secondary N) is 2. The van der Waals surface area contributed by atoms with Gasteiger partial charge in [-0.2, -0.15) is 4.98 Å². The molecule has 27 heavy (non-hydrogen) atoms. The molecule has 0 spiro atoms. The Balaban J connectivity index is 1.41. The molecule has 1 aromatic heterocycles. The predicted molar refractivity (Wildman–Crippen MR) is 105 cm³/mol. The van der Waals surface area contributed by atoms with Gasteiger partial charge < -0.3 is 20.3 Å². The van der Waals surface area contributed by atoms with Crippen molar-refractivity contribution in [2.45, 2.75) is 38.1 Å². The van der Waals surface area contributed by atoms with Crippen LogP contribution in [-0.2, 0) is 4.74 Å². The van der Waals surface area contributed by atoms with E-state index in [1.165, 1.54) is 31.1 Å². The molecule has 2 aromatic rings. The molecule has 4 rings (SSSR count). The quantitative estimate of drug-likeness (QED) is 0.830. The number of benzene rings is 1. The highest BCUT2D eigenvalue weighted by molar-refractivity contribution is 5.60. The normalized spacial score (nSPS) is 18.3. The molecule has 1 aliphatic heterocycles. The van der Waals surface area contributed by atoms with Crippen molar-refractivity contribution >= 4 is 23.1 Å². The second-order valence-corrected chi connectivity index (χ2v) is 7.14. The third-order valence-electron chi connectivity index (χ3n) is 5.19. The summed E-state index contributed by atoms with van der Waals surface area (Å²) in [6.07, 6.45) is 6.99. The standard InChI is InChI=1S/C20H26FN5O/c21-18-14-22-20(25-19(18)23-15-4-2-1-3-5-15)24-16-6-8-17(9-7-16)26-10-12-27-13-11-26/h6-9,14-15H,1-5,10-13H2,(H2,22,23,24,25). The Morgan fingerprint density at radius 1 is 1.04 bits per heavy atom. The lowest BCUT2D eigenvalue weighted by atomic mass is 9.95. The Morgan fingerprint density at radius 3 is 2.52 bits per heavy atom. The Bertz CT molecular complexity index is 743. The number of halogens is 1. The SMILES string of the molecule is Fc1cnc(Nc2ccc(N3CCOCC3)cc2)nc1NC1CCCCC1. The molecule has 2 heterocycles. The van der Waals surface area contributed by atoms with Gasteiger partial charge in [0.1, 0.15) is 0 Å². The molecule has 144 valence electrons. The highest BCUT2D eigenvalue weighted by Crippen LogP contribution is 2.24. The van der Waals surface area contributed by atoms with E-state index in [0.717, 1.165) is 44.8 Å². The van der Waals surface area contributed by atoms with E-state index in [4.69, 9.17) is 4.74 Å². The van der Waals surface area contributed by atoms with Crippen LogP contribution in [0.3, 0.4) is 0 Å². The molecule has 6 nitrogen and oxygen atoms in total. The topological polar surface area (TPSA) is 62.3 Å². The number of aromatic nitrogens is 2. The van der Waals surface area contributed by atoms with E-state index in [2.05, 4.69) is 37.6 Å². The van der Waals surface area contributed by atoms with Crippen LogP contribution < -0.4 is 15.5 Å². The fraction of sp³-hybridized carbons (Fsp3) is 0.500. The third-order valence-corrected chi connectivity index (χ3v) is 5.19. The van der Waals surface area contributed by atoms with E-state index in [1.807, 2.05) is 12.1 Å². The summed E-state index contributed by atoms with van der Waals surface area (Å²) in [7, 11) is 0. The van der Waals surface area contributed by atoms with Gasteiger partial charge in [-0.15, -0.1) is 0 Å². The second kappa shape index (κ2) is 8.52. The molecule has 1 saturated heterocycles. The Hall–Kier alpha value is -2.41. The summed E-state index contributed by atoms with van der Waals surface area (Å²) in [5.41, 5.74) is 2.05. The molecule has 0 bridgehead atoms. The maximum atomic E-state index is 14.1. The van der Waals surface area contributed by atoms with Crippen LogP contribution in [0.2, 0.25) is 0 Å². The summed E-state index contributed by atoms with van der Waals surface area (Å²) in [6, 6.07) is 8.41. The van der Waals surface area contributed by atoms with Gasteiger partial charge in [0.25, 0.3) is 0 Å². The molecule has 0 unspecified atom stereocenters. The van der Waals surface area contributed by atoms with Crippen LogP contribution in [-0.4, -0.2) is 42.3 Å². The van der Waals surface area contributed by atoms with Gasteiger partial charge >= 0.3 is 0 Å². The van der Waals surface area contributed by atoms with Gasteiger partial charge in [-0.3, -0.25) is 0 Å². The van der Waals surface area contributed by atoms with Gasteiger partial charge in [0.2, 0.25) is 5.95 Å². The van der Waals surface area contributed by atoms with Gasteiger partial charge in [-0.1, -0.05) is 19.3 Å². The first-order valence-corrected chi connectivity index (χ1v) is 9.77. The molecule has 0 atom stereocenters. The molecule has 1 aliphatic carbocycles. The summed E-state index contributed by atoms with van der Waals surface area (Å²) in [5, 5.41) is 6.41. The number of ether oxygens (including phenoxy) is 1. The fourth-order valence-electron chi connectivity index (χ4n) is 3.68. The zero-order valence-electron chi connectivity index (χ0n) is 15.5. The summed E-state index contributed by atoms with van der Waals surface area (Å²) in [4.78, 5) is 10.7. The van der Waals surface area contributed by atoms with E-state index in [-0.39, 0.29) is 5.82 Å². The van der Waals surface area contributed by atoms with Crippen LogP contribution in [0.25, 0.3) is 0 Å². The Labute approximate surface area is 159 Å². The summed E-state index contributed by atoms with van der Waals surface area (Å²) >= 11 is 0. The molecule has 0 radical (unpaired) electrons. The molecule has 7 heteroatoms. The number of anilines is 4. The molecular formula is C20H26FN5O. The first kappa shape index (κ1) is 18.0. The number of rotatable bonds is 5. The van der Waals surface area contributed by atoms with Crippen molar-refractivity contribution in [3.05, 3.63) is 36.3 Å². The minimum absolute atomic E-state index is 0.282. The largest absolute Gasteiger partial charge is 0.378 e. The van der Waals surface area contributed by atoms with Gasteiger partial charge in [0, 0.05) is 30.5 Å². The molecular weight excluding hydrogens is 345 g/mol. The fourth-order valence-corrected chi connectivity index (χ4v) is 3.68. The summed E-state index contributed by atoms with van der Waals surface area (Å²) in [6.45, 7) is 3.34. The second-order valence-electron chi connectivity index (χ2n) is 7.14. The molecule has 1 aromatic carbocycles. The lowest BCUT2D eigenvalue weighted by molar-refractivity contribution is 0.122. The van der Waals surface area contributed by atoms with Crippen molar-refractivity contribution in [2.24, 2.45) is 0 Å². The van der Waals surface area contributed by atoms with Crippen LogP contribution in [0.15, 0.2) is 30.5 Å². The van der Waals surface area contributed by atoms with Crippen molar-refractivity contribution < 1.29 is 9.13 Å². The number of hydrogen-bond donors (Lipinski definition) is 2. The van der Waals surface area contributed by atoms with Gasteiger partial charge in [0.15, 0.2) is 11.6 Å². The molecule has 2 fully saturated rings. The average molecular weight is 371 g/mol. The van der Waals surface area contributed by atoms with E-state index in [0.29, 0.717) is 12.0 Å². The van der Waals surface area contributed by atoms with Crippen molar-refractivity contribution in [3.8, 4) is 0 Å². The number of morpholine rings is 1. The zero-order valence-corrected chi connectivity index (χ0v) is 15.5.